The average molecular weight is 536 g/mol. The molecule has 38 heavy (non-hydrogen) atoms. The maximum absolute atomic E-state index is 13.3. The predicted molar refractivity (Wildman–Crippen MR) is 147 cm³/mol. The van der Waals surface area contributed by atoms with E-state index >= 15 is 0 Å². The van der Waals surface area contributed by atoms with Gasteiger partial charge in [0.15, 0.2) is 5.03 Å². The van der Waals surface area contributed by atoms with Crippen LogP contribution in [0.5, 0.6) is 0 Å². The zero-order valence-corrected chi connectivity index (χ0v) is 22.7. The molecule has 2 aliphatic rings. The smallest absolute Gasteiger partial charge is 0.281 e. The SMILES string of the molecule is CC1CCN(c2ncccc2C(=O)NS(=O)(=O)c2cccc(N3CCN(c4ccccn4)CC3)n2)C1(C)C. The van der Waals surface area contributed by atoms with Crippen LogP contribution in [-0.2, 0) is 10.0 Å². The van der Waals surface area contributed by atoms with E-state index in [2.05, 4.69) is 50.2 Å². The van der Waals surface area contributed by atoms with E-state index in [4.69, 9.17) is 0 Å². The lowest BCUT2D eigenvalue weighted by atomic mass is 9.90. The molecule has 3 aromatic heterocycles. The van der Waals surface area contributed by atoms with Crippen LogP contribution in [0, 0.1) is 5.92 Å². The van der Waals surface area contributed by atoms with E-state index in [-0.39, 0.29) is 16.1 Å². The summed E-state index contributed by atoms with van der Waals surface area (Å²) in [5.41, 5.74) is 0.0127. The Kier molecular flexibility index (Phi) is 6.95. The third kappa shape index (κ3) is 5.02. The number of nitrogens with one attached hydrogen (secondary N) is 1. The van der Waals surface area contributed by atoms with Gasteiger partial charge in [-0.05, 0) is 62.6 Å². The second kappa shape index (κ2) is 10.2. The summed E-state index contributed by atoms with van der Waals surface area (Å²) in [6.45, 7) is 9.96. The van der Waals surface area contributed by atoms with Gasteiger partial charge in [0.1, 0.15) is 17.5 Å². The molecular formula is C27H33N7O3S. The molecule has 1 amide bonds. The van der Waals surface area contributed by atoms with Gasteiger partial charge in [-0.25, -0.2) is 19.7 Å². The van der Waals surface area contributed by atoms with E-state index < -0.39 is 15.9 Å². The second-order valence-electron chi connectivity index (χ2n) is 10.3. The molecular weight excluding hydrogens is 502 g/mol. The molecule has 0 aromatic carbocycles. The van der Waals surface area contributed by atoms with E-state index in [0.29, 0.717) is 30.6 Å². The zero-order chi connectivity index (χ0) is 26.9. The predicted octanol–water partition coefficient (Wildman–Crippen LogP) is 2.94. The summed E-state index contributed by atoms with van der Waals surface area (Å²) in [5.74, 6) is 1.64. The Labute approximate surface area is 223 Å². The Bertz CT molecular complexity index is 1410. The summed E-state index contributed by atoms with van der Waals surface area (Å²) >= 11 is 0. The van der Waals surface area contributed by atoms with Crippen molar-refractivity contribution < 1.29 is 13.2 Å². The summed E-state index contributed by atoms with van der Waals surface area (Å²) in [5, 5.41) is -0.198. The molecule has 3 aromatic rings. The van der Waals surface area contributed by atoms with Crippen LogP contribution in [-0.4, -0.2) is 67.5 Å². The molecule has 1 unspecified atom stereocenters. The lowest BCUT2D eigenvalue weighted by Crippen LogP contribution is -2.47. The molecule has 0 saturated carbocycles. The highest BCUT2D eigenvalue weighted by Crippen LogP contribution is 2.38. The van der Waals surface area contributed by atoms with Crippen LogP contribution in [0.2, 0.25) is 0 Å². The quantitative estimate of drug-likeness (QED) is 0.509. The third-order valence-electron chi connectivity index (χ3n) is 7.76. The van der Waals surface area contributed by atoms with Gasteiger partial charge in [0.2, 0.25) is 0 Å². The largest absolute Gasteiger partial charge is 0.353 e. The highest BCUT2D eigenvalue weighted by Gasteiger charge is 2.40. The fourth-order valence-corrected chi connectivity index (χ4v) is 5.99. The minimum atomic E-state index is -4.21. The summed E-state index contributed by atoms with van der Waals surface area (Å²) in [6.07, 6.45) is 4.36. The molecule has 0 spiro atoms. The molecule has 0 bridgehead atoms. The van der Waals surface area contributed by atoms with Crippen molar-refractivity contribution in [2.75, 3.05) is 47.4 Å². The van der Waals surface area contributed by atoms with Crippen LogP contribution in [0.4, 0.5) is 17.5 Å². The van der Waals surface area contributed by atoms with E-state index in [9.17, 15) is 13.2 Å². The molecule has 0 radical (unpaired) electrons. The maximum atomic E-state index is 13.3. The number of pyridine rings is 3. The minimum absolute atomic E-state index is 0.198. The average Bonchev–Trinajstić information content (AvgIpc) is 3.20. The van der Waals surface area contributed by atoms with Crippen LogP contribution in [0.25, 0.3) is 0 Å². The molecule has 2 fully saturated rings. The fourth-order valence-electron chi connectivity index (χ4n) is 5.06. The van der Waals surface area contributed by atoms with Gasteiger partial charge in [0.05, 0.1) is 5.56 Å². The van der Waals surface area contributed by atoms with Crippen LogP contribution < -0.4 is 19.4 Å². The highest BCUT2D eigenvalue weighted by molar-refractivity contribution is 7.90. The molecule has 10 nitrogen and oxygen atoms in total. The van der Waals surface area contributed by atoms with Crippen molar-refractivity contribution in [3.63, 3.8) is 0 Å². The van der Waals surface area contributed by atoms with Crippen LogP contribution in [0.1, 0.15) is 37.6 Å². The summed E-state index contributed by atoms with van der Waals surface area (Å²) in [4.78, 5) is 32.8. The van der Waals surface area contributed by atoms with Crippen molar-refractivity contribution in [2.45, 2.75) is 37.8 Å². The third-order valence-corrected chi connectivity index (χ3v) is 8.99. The van der Waals surface area contributed by atoms with Crippen molar-refractivity contribution >= 4 is 33.4 Å². The fraction of sp³-hybridized carbons (Fsp3) is 0.407. The van der Waals surface area contributed by atoms with Gasteiger partial charge in [-0.2, -0.15) is 8.42 Å². The van der Waals surface area contributed by atoms with Gasteiger partial charge < -0.3 is 14.7 Å². The standard InChI is InChI=1S/C27H33N7O3S/c1-20-12-15-34(27(20,2)3)25-21(8-7-14-29-25)26(35)31-38(36,37)24-11-6-10-23(30-24)33-18-16-32(17-19-33)22-9-4-5-13-28-22/h4-11,13-14,20H,12,15-19H2,1-3H3,(H,31,35). The molecule has 5 heterocycles. The van der Waals surface area contributed by atoms with Gasteiger partial charge in [0.25, 0.3) is 15.9 Å². The van der Waals surface area contributed by atoms with Crippen LogP contribution in [0.3, 0.4) is 0 Å². The number of carbonyl (C=O) groups is 1. The minimum Gasteiger partial charge on any atom is -0.353 e. The summed E-state index contributed by atoms with van der Waals surface area (Å²) < 4.78 is 28.7. The first-order valence-corrected chi connectivity index (χ1v) is 14.3. The Hall–Kier alpha value is -3.73. The van der Waals surface area contributed by atoms with E-state index in [0.717, 1.165) is 31.9 Å². The topological polar surface area (TPSA) is 112 Å². The van der Waals surface area contributed by atoms with Crippen LogP contribution in [0.15, 0.2) is 66.0 Å². The molecule has 11 heteroatoms. The first-order valence-electron chi connectivity index (χ1n) is 12.8. The Morgan fingerprint density at radius 2 is 1.58 bits per heavy atom. The molecule has 2 saturated heterocycles. The number of rotatable bonds is 6. The van der Waals surface area contributed by atoms with E-state index in [1.54, 1.807) is 36.7 Å². The number of anilines is 3. The highest BCUT2D eigenvalue weighted by atomic mass is 32.2. The van der Waals surface area contributed by atoms with Gasteiger partial charge in [-0.3, -0.25) is 4.79 Å². The molecule has 5 rings (SSSR count). The van der Waals surface area contributed by atoms with Gasteiger partial charge >= 0.3 is 0 Å². The number of aromatic nitrogens is 3. The number of nitrogens with zero attached hydrogens (tertiary/aromatic N) is 6. The Morgan fingerprint density at radius 3 is 2.24 bits per heavy atom. The number of carbonyl (C=O) groups excluding carboxylic acids is 1. The Balaban J connectivity index is 1.31. The molecule has 1 atom stereocenters. The second-order valence-corrected chi connectivity index (χ2v) is 11.9. The number of piperazine rings is 1. The monoisotopic (exact) mass is 535 g/mol. The van der Waals surface area contributed by atoms with Crippen molar-refractivity contribution in [1.29, 1.82) is 0 Å². The Morgan fingerprint density at radius 1 is 0.895 bits per heavy atom. The van der Waals surface area contributed by atoms with Crippen molar-refractivity contribution in [3.05, 3.63) is 66.5 Å². The van der Waals surface area contributed by atoms with Crippen LogP contribution >= 0.6 is 0 Å². The first-order chi connectivity index (χ1) is 18.2. The van der Waals surface area contributed by atoms with Gasteiger partial charge in [0, 0.05) is 50.7 Å². The van der Waals surface area contributed by atoms with Gasteiger partial charge in [-0.1, -0.05) is 19.1 Å². The summed E-state index contributed by atoms with van der Waals surface area (Å²) in [7, 11) is -4.21. The summed E-state index contributed by atoms with van der Waals surface area (Å²) in [6, 6.07) is 13.9. The molecule has 1 N–H and O–H groups in total. The van der Waals surface area contributed by atoms with Crippen molar-refractivity contribution in [3.8, 4) is 0 Å². The maximum Gasteiger partial charge on any atom is 0.281 e. The lowest BCUT2D eigenvalue weighted by molar-refractivity contribution is 0.0981. The number of sulfonamides is 1. The number of hydrogen-bond donors (Lipinski definition) is 1. The molecule has 0 aliphatic carbocycles. The van der Waals surface area contributed by atoms with Crippen molar-refractivity contribution in [2.24, 2.45) is 5.92 Å². The molecule has 2 aliphatic heterocycles. The number of amides is 1. The van der Waals surface area contributed by atoms with E-state index in [1.807, 2.05) is 23.1 Å². The van der Waals surface area contributed by atoms with Crippen molar-refractivity contribution in [1.82, 2.24) is 19.7 Å². The van der Waals surface area contributed by atoms with Gasteiger partial charge in [-0.15, -0.1) is 0 Å². The number of hydrogen-bond acceptors (Lipinski definition) is 9. The normalized spacial score (nSPS) is 19.4. The molecule has 200 valence electrons. The zero-order valence-electron chi connectivity index (χ0n) is 21.9. The first kappa shape index (κ1) is 25.9. The lowest BCUT2D eigenvalue weighted by Gasteiger charge is -2.36. The van der Waals surface area contributed by atoms with E-state index in [1.165, 1.54) is 6.07 Å².